The fourth-order valence-electron chi connectivity index (χ4n) is 5.14. The average Bonchev–Trinajstić information content (AvgIpc) is 3.52. The van der Waals surface area contributed by atoms with E-state index in [0.717, 1.165) is 29.8 Å². The van der Waals surface area contributed by atoms with Gasteiger partial charge in [0.05, 0.1) is 41.1 Å². The molecule has 0 aliphatic rings. The molecule has 3 aromatic carbocycles. The number of carbonyl (C=O) groups excluding carboxylic acids is 1. The van der Waals surface area contributed by atoms with Gasteiger partial charge < -0.3 is 5.32 Å². The molecule has 44 heavy (non-hydrogen) atoms. The zero-order valence-corrected chi connectivity index (χ0v) is 23.1. The maximum atomic E-state index is 14.2. The molecule has 0 spiro atoms. The largest absolute Gasteiger partial charge is 0.433 e. The van der Waals surface area contributed by atoms with Crippen molar-refractivity contribution < 1.29 is 31.1 Å². The minimum Gasteiger partial charge on any atom is -0.319 e. The Morgan fingerprint density at radius 3 is 2.36 bits per heavy atom. The quantitative estimate of drug-likeness (QED) is 0.204. The number of nitrogens with zero attached hydrogens (tertiary/aromatic N) is 5. The molecule has 7 nitrogen and oxygen atoms in total. The molecule has 3 heterocycles. The van der Waals surface area contributed by atoms with Gasteiger partial charge in [0.1, 0.15) is 5.56 Å². The predicted octanol–water partition coefficient (Wildman–Crippen LogP) is 7.70. The summed E-state index contributed by atoms with van der Waals surface area (Å²) in [6.07, 6.45) is -8.30. The number of rotatable bonds is 5. The Kier molecular flexibility index (Phi) is 6.90. The van der Waals surface area contributed by atoms with Crippen molar-refractivity contribution in [3.8, 4) is 11.3 Å². The summed E-state index contributed by atoms with van der Waals surface area (Å²) in [5.74, 6) is -0.777. The number of hydrogen-bond acceptors (Lipinski definition) is 4. The summed E-state index contributed by atoms with van der Waals surface area (Å²) in [6.45, 7) is 3.21. The number of alkyl halides is 6. The van der Waals surface area contributed by atoms with Gasteiger partial charge in [-0.05, 0) is 48.4 Å². The van der Waals surface area contributed by atoms with Crippen LogP contribution in [0.5, 0.6) is 0 Å². The van der Waals surface area contributed by atoms with Crippen molar-refractivity contribution >= 4 is 28.0 Å². The van der Waals surface area contributed by atoms with E-state index in [2.05, 4.69) is 20.5 Å². The number of amides is 1. The Morgan fingerprint density at radius 2 is 1.61 bits per heavy atom. The lowest BCUT2D eigenvalue weighted by atomic mass is 10.0. The fourth-order valence-corrected chi connectivity index (χ4v) is 5.14. The first kappa shape index (κ1) is 28.9. The summed E-state index contributed by atoms with van der Waals surface area (Å²) in [4.78, 5) is 17.9. The molecule has 0 saturated heterocycles. The molecule has 0 fully saturated rings. The van der Waals surface area contributed by atoms with E-state index in [0.29, 0.717) is 32.4 Å². The SMILES string of the molecule is Cc1nn(Cc2cccc(C(F)(F)F)c2)c(C)c1NC(=O)c1cnn2c(C(F)(F)F)cc(-c3cccc4ccccc34)nc12. The van der Waals surface area contributed by atoms with Gasteiger partial charge in [-0.3, -0.25) is 9.48 Å². The van der Waals surface area contributed by atoms with E-state index in [1.807, 2.05) is 18.2 Å². The lowest BCUT2D eigenvalue weighted by Crippen LogP contribution is -2.16. The summed E-state index contributed by atoms with van der Waals surface area (Å²) in [5, 5.41) is 12.4. The monoisotopic (exact) mass is 608 g/mol. The molecule has 6 rings (SSSR count). The number of anilines is 1. The number of halogens is 6. The third-order valence-corrected chi connectivity index (χ3v) is 7.28. The molecule has 0 aliphatic carbocycles. The van der Waals surface area contributed by atoms with Crippen LogP contribution in [0, 0.1) is 13.8 Å². The Balaban J connectivity index is 1.38. The van der Waals surface area contributed by atoms with Gasteiger partial charge in [-0.25, -0.2) is 9.50 Å². The van der Waals surface area contributed by atoms with Crippen LogP contribution in [0.25, 0.3) is 27.7 Å². The van der Waals surface area contributed by atoms with Crippen LogP contribution in [0.3, 0.4) is 0 Å². The Morgan fingerprint density at radius 1 is 0.886 bits per heavy atom. The van der Waals surface area contributed by atoms with Crippen molar-refractivity contribution in [2.24, 2.45) is 0 Å². The first-order valence-corrected chi connectivity index (χ1v) is 13.3. The maximum absolute atomic E-state index is 14.2. The summed E-state index contributed by atoms with van der Waals surface area (Å²) in [5.41, 5.74) is -0.543. The topological polar surface area (TPSA) is 77.1 Å². The van der Waals surface area contributed by atoms with E-state index in [9.17, 15) is 31.1 Å². The molecule has 0 bridgehead atoms. The summed E-state index contributed by atoms with van der Waals surface area (Å²) >= 11 is 0. The van der Waals surface area contributed by atoms with Crippen LogP contribution in [-0.2, 0) is 18.9 Å². The fraction of sp³-hybridized carbons (Fsp3) is 0.161. The molecule has 0 atom stereocenters. The van der Waals surface area contributed by atoms with Gasteiger partial charge in [-0.15, -0.1) is 0 Å². The van der Waals surface area contributed by atoms with E-state index in [1.165, 1.54) is 16.8 Å². The van der Waals surface area contributed by atoms with Crippen LogP contribution in [0.2, 0.25) is 0 Å². The molecule has 0 unspecified atom stereocenters. The summed E-state index contributed by atoms with van der Waals surface area (Å²) in [7, 11) is 0. The molecule has 13 heteroatoms. The minimum absolute atomic E-state index is 0.00588. The van der Waals surface area contributed by atoms with Gasteiger partial charge in [0.15, 0.2) is 11.3 Å². The number of carbonyl (C=O) groups is 1. The number of fused-ring (bicyclic) bond motifs is 2. The highest BCUT2D eigenvalue weighted by Gasteiger charge is 2.36. The lowest BCUT2D eigenvalue weighted by molar-refractivity contribution is -0.142. The van der Waals surface area contributed by atoms with Gasteiger partial charge in [0.2, 0.25) is 0 Å². The third kappa shape index (κ3) is 5.25. The molecular weight excluding hydrogens is 586 g/mol. The predicted molar refractivity (Wildman–Crippen MR) is 151 cm³/mol. The number of aromatic nitrogens is 5. The van der Waals surface area contributed by atoms with Crippen molar-refractivity contribution in [1.29, 1.82) is 0 Å². The average molecular weight is 609 g/mol. The Labute approximate surface area is 245 Å². The molecule has 1 amide bonds. The normalized spacial score (nSPS) is 12.3. The minimum atomic E-state index is -4.81. The molecule has 0 saturated carbocycles. The molecular formula is C31H22F6N6O. The zero-order chi connectivity index (χ0) is 31.4. The zero-order valence-electron chi connectivity index (χ0n) is 23.1. The summed E-state index contributed by atoms with van der Waals surface area (Å²) < 4.78 is 84.2. The van der Waals surface area contributed by atoms with Crippen molar-refractivity contribution in [2.75, 3.05) is 5.32 Å². The Hall–Kier alpha value is -5.20. The summed E-state index contributed by atoms with van der Waals surface area (Å²) in [6, 6.07) is 18.1. The van der Waals surface area contributed by atoms with Crippen LogP contribution in [0.15, 0.2) is 79.0 Å². The number of benzene rings is 3. The molecule has 1 N–H and O–H groups in total. The van der Waals surface area contributed by atoms with Crippen molar-refractivity contribution in [3.05, 3.63) is 113 Å². The van der Waals surface area contributed by atoms with Crippen LogP contribution in [0.1, 0.15) is 38.6 Å². The van der Waals surface area contributed by atoms with E-state index < -0.39 is 29.5 Å². The van der Waals surface area contributed by atoms with Crippen LogP contribution < -0.4 is 5.32 Å². The van der Waals surface area contributed by atoms with Gasteiger partial charge >= 0.3 is 12.4 Å². The third-order valence-electron chi connectivity index (χ3n) is 7.28. The van der Waals surface area contributed by atoms with E-state index in [4.69, 9.17) is 0 Å². The lowest BCUT2D eigenvalue weighted by Gasteiger charge is -2.13. The van der Waals surface area contributed by atoms with Crippen molar-refractivity contribution in [2.45, 2.75) is 32.7 Å². The van der Waals surface area contributed by atoms with E-state index in [1.54, 1.807) is 38.1 Å². The molecule has 0 aliphatic heterocycles. The number of aryl methyl sites for hydroxylation is 1. The second-order valence-electron chi connectivity index (χ2n) is 10.2. The molecule has 224 valence electrons. The smallest absolute Gasteiger partial charge is 0.319 e. The second-order valence-corrected chi connectivity index (χ2v) is 10.2. The highest BCUT2D eigenvalue weighted by atomic mass is 19.4. The van der Waals surface area contributed by atoms with Gasteiger partial charge in [0, 0.05) is 5.56 Å². The first-order valence-electron chi connectivity index (χ1n) is 13.3. The molecule has 3 aromatic heterocycles. The maximum Gasteiger partial charge on any atom is 0.433 e. The van der Waals surface area contributed by atoms with Crippen molar-refractivity contribution in [3.63, 3.8) is 0 Å². The Bertz CT molecular complexity index is 2050. The van der Waals surface area contributed by atoms with Crippen LogP contribution in [0.4, 0.5) is 32.0 Å². The highest BCUT2D eigenvalue weighted by Crippen LogP contribution is 2.35. The second kappa shape index (κ2) is 10.5. The number of nitrogens with one attached hydrogen (secondary N) is 1. The van der Waals surface area contributed by atoms with Crippen LogP contribution in [-0.4, -0.2) is 30.3 Å². The number of hydrogen-bond donors (Lipinski definition) is 1. The van der Waals surface area contributed by atoms with Gasteiger partial charge in [0.25, 0.3) is 5.91 Å². The molecule has 6 aromatic rings. The molecule has 0 radical (unpaired) electrons. The highest BCUT2D eigenvalue weighted by molar-refractivity contribution is 6.09. The van der Waals surface area contributed by atoms with Gasteiger partial charge in [-0.2, -0.15) is 36.5 Å². The standard InChI is InChI=1S/C31H22F6N6O/c1-17-27(18(2)42(41-17)16-19-7-5-10-21(13-19)30(32,33)34)40-29(44)24-15-38-43-26(31(35,36)37)14-25(39-28(24)43)23-12-6-9-20-8-3-4-11-22(20)23/h3-15H,16H2,1-2H3,(H,40,44). The van der Waals surface area contributed by atoms with Gasteiger partial charge in [-0.1, -0.05) is 54.6 Å². The first-order chi connectivity index (χ1) is 20.8. The van der Waals surface area contributed by atoms with Crippen molar-refractivity contribution in [1.82, 2.24) is 24.4 Å². The van der Waals surface area contributed by atoms with Crippen LogP contribution >= 0.6 is 0 Å². The van der Waals surface area contributed by atoms with E-state index in [-0.39, 0.29) is 29.1 Å². The van der Waals surface area contributed by atoms with E-state index >= 15 is 0 Å².